The van der Waals surface area contributed by atoms with Crippen LogP contribution in [0.4, 0.5) is 14.9 Å². The first-order chi connectivity index (χ1) is 8.70. The van der Waals surface area contributed by atoms with Crippen LogP contribution in [0.15, 0.2) is 18.2 Å². The Hall–Kier alpha value is -1.66. The molecule has 98 valence electrons. The van der Waals surface area contributed by atoms with E-state index in [9.17, 15) is 9.18 Å². The highest BCUT2D eigenvalue weighted by Crippen LogP contribution is 2.18. The molecule has 6 heteroatoms. The monoisotopic (exact) mass is 253 g/mol. The maximum absolute atomic E-state index is 13.4. The lowest BCUT2D eigenvalue weighted by Crippen LogP contribution is -2.38. The molecule has 2 rings (SSSR count). The minimum atomic E-state index is -0.417. The Morgan fingerprint density at radius 1 is 1.56 bits per heavy atom. The average molecular weight is 253 g/mol. The first kappa shape index (κ1) is 12.8. The maximum Gasteiger partial charge on any atom is 0.319 e. The number of nitrogens with one attached hydrogen (secondary N) is 2. The SMILES string of the molecule is NCc1c(F)cccc1NC(=O)NC1CCOC1. The molecule has 0 aromatic heterocycles. The van der Waals surface area contributed by atoms with Gasteiger partial charge in [0.15, 0.2) is 0 Å². The number of nitrogens with two attached hydrogens (primary N) is 1. The molecular formula is C12H16FN3O2. The number of rotatable bonds is 3. The zero-order valence-corrected chi connectivity index (χ0v) is 9.91. The number of hydrogen-bond donors (Lipinski definition) is 3. The van der Waals surface area contributed by atoms with E-state index in [2.05, 4.69) is 10.6 Å². The van der Waals surface area contributed by atoms with Crippen molar-refractivity contribution in [3.8, 4) is 0 Å². The van der Waals surface area contributed by atoms with E-state index in [1.165, 1.54) is 12.1 Å². The Labute approximate surface area is 104 Å². The van der Waals surface area contributed by atoms with Gasteiger partial charge in [0.25, 0.3) is 0 Å². The van der Waals surface area contributed by atoms with Crippen LogP contribution in [0.25, 0.3) is 0 Å². The lowest BCUT2D eigenvalue weighted by molar-refractivity contribution is 0.189. The number of ether oxygens (including phenoxy) is 1. The summed E-state index contributed by atoms with van der Waals surface area (Å²) in [6, 6.07) is 4.11. The molecule has 1 aliphatic heterocycles. The Balaban J connectivity index is 2.00. The Morgan fingerprint density at radius 2 is 2.39 bits per heavy atom. The van der Waals surface area contributed by atoms with Gasteiger partial charge in [0.1, 0.15) is 5.82 Å². The number of hydrogen-bond acceptors (Lipinski definition) is 3. The van der Waals surface area contributed by atoms with Gasteiger partial charge >= 0.3 is 6.03 Å². The third-order valence-corrected chi connectivity index (χ3v) is 2.84. The van der Waals surface area contributed by atoms with E-state index in [4.69, 9.17) is 10.5 Å². The van der Waals surface area contributed by atoms with E-state index in [1.54, 1.807) is 6.07 Å². The molecule has 1 aromatic rings. The standard InChI is InChI=1S/C12H16FN3O2/c13-10-2-1-3-11(9(10)6-14)16-12(17)15-8-4-5-18-7-8/h1-3,8H,4-7,14H2,(H2,15,16,17). The molecule has 1 aromatic carbocycles. The fraction of sp³-hybridized carbons (Fsp3) is 0.417. The largest absolute Gasteiger partial charge is 0.379 e. The van der Waals surface area contributed by atoms with Gasteiger partial charge in [0.05, 0.1) is 12.6 Å². The van der Waals surface area contributed by atoms with E-state index in [0.29, 0.717) is 24.5 Å². The van der Waals surface area contributed by atoms with Gasteiger partial charge in [-0.3, -0.25) is 0 Å². The molecule has 0 radical (unpaired) electrons. The number of carbonyl (C=O) groups is 1. The molecule has 5 nitrogen and oxygen atoms in total. The Bertz CT molecular complexity index is 433. The van der Waals surface area contributed by atoms with Gasteiger partial charge in [0.2, 0.25) is 0 Å². The molecule has 0 aliphatic carbocycles. The molecule has 0 spiro atoms. The van der Waals surface area contributed by atoms with Gasteiger partial charge in [-0.05, 0) is 18.6 Å². The molecule has 18 heavy (non-hydrogen) atoms. The number of amides is 2. The summed E-state index contributed by atoms with van der Waals surface area (Å²) in [5.74, 6) is -0.417. The fourth-order valence-electron chi connectivity index (χ4n) is 1.88. The van der Waals surface area contributed by atoms with Gasteiger partial charge in [-0.2, -0.15) is 0 Å². The van der Waals surface area contributed by atoms with Gasteiger partial charge < -0.3 is 21.1 Å². The normalized spacial score (nSPS) is 18.7. The van der Waals surface area contributed by atoms with Crippen molar-refractivity contribution in [1.29, 1.82) is 0 Å². The second-order valence-corrected chi connectivity index (χ2v) is 4.13. The van der Waals surface area contributed by atoms with Crippen LogP contribution in [-0.4, -0.2) is 25.3 Å². The highest BCUT2D eigenvalue weighted by Gasteiger charge is 2.18. The van der Waals surface area contributed by atoms with Crippen molar-refractivity contribution >= 4 is 11.7 Å². The molecule has 1 atom stereocenters. The van der Waals surface area contributed by atoms with E-state index in [0.717, 1.165) is 6.42 Å². The lowest BCUT2D eigenvalue weighted by atomic mass is 10.1. The number of benzene rings is 1. The fourth-order valence-corrected chi connectivity index (χ4v) is 1.88. The summed E-state index contributed by atoms with van der Waals surface area (Å²) in [5, 5.41) is 5.36. The second kappa shape index (κ2) is 5.79. The summed E-state index contributed by atoms with van der Waals surface area (Å²) >= 11 is 0. The van der Waals surface area contributed by atoms with Gasteiger partial charge in [-0.1, -0.05) is 6.07 Å². The van der Waals surface area contributed by atoms with Crippen LogP contribution in [0.2, 0.25) is 0 Å². The molecule has 1 fully saturated rings. The Morgan fingerprint density at radius 3 is 3.06 bits per heavy atom. The summed E-state index contributed by atoms with van der Waals surface area (Å²) in [4.78, 5) is 11.7. The molecule has 0 saturated carbocycles. The molecule has 0 bridgehead atoms. The predicted octanol–water partition coefficient (Wildman–Crippen LogP) is 1.19. The maximum atomic E-state index is 13.4. The zero-order valence-electron chi connectivity index (χ0n) is 9.91. The summed E-state index contributed by atoms with van der Waals surface area (Å²) in [7, 11) is 0. The summed E-state index contributed by atoms with van der Waals surface area (Å²) in [5.41, 5.74) is 6.16. The Kier molecular flexibility index (Phi) is 4.11. The molecule has 4 N–H and O–H groups in total. The van der Waals surface area contributed by atoms with Crippen molar-refractivity contribution in [2.24, 2.45) is 5.73 Å². The number of halogens is 1. The highest BCUT2D eigenvalue weighted by molar-refractivity contribution is 5.90. The quantitative estimate of drug-likeness (QED) is 0.757. The molecular weight excluding hydrogens is 237 g/mol. The van der Waals surface area contributed by atoms with Crippen molar-refractivity contribution in [3.63, 3.8) is 0 Å². The van der Waals surface area contributed by atoms with E-state index >= 15 is 0 Å². The van der Waals surface area contributed by atoms with Gasteiger partial charge in [0, 0.05) is 24.4 Å². The van der Waals surface area contributed by atoms with Crippen LogP contribution in [0, 0.1) is 5.82 Å². The smallest absolute Gasteiger partial charge is 0.319 e. The minimum absolute atomic E-state index is 0.0138. The van der Waals surface area contributed by atoms with Crippen molar-refractivity contribution in [2.45, 2.75) is 19.0 Å². The van der Waals surface area contributed by atoms with Gasteiger partial charge in [-0.25, -0.2) is 9.18 Å². The number of carbonyl (C=O) groups excluding carboxylic acids is 1. The third-order valence-electron chi connectivity index (χ3n) is 2.84. The molecule has 1 saturated heterocycles. The van der Waals surface area contributed by atoms with Crippen LogP contribution in [-0.2, 0) is 11.3 Å². The first-order valence-electron chi connectivity index (χ1n) is 5.83. The van der Waals surface area contributed by atoms with Crippen LogP contribution in [0.3, 0.4) is 0 Å². The predicted molar refractivity (Wildman–Crippen MR) is 65.7 cm³/mol. The second-order valence-electron chi connectivity index (χ2n) is 4.13. The van der Waals surface area contributed by atoms with Crippen LogP contribution < -0.4 is 16.4 Å². The highest BCUT2D eigenvalue weighted by atomic mass is 19.1. The summed E-state index contributed by atoms with van der Waals surface area (Å²) in [6.07, 6.45) is 0.792. The molecule has 2 amide bonds. The summed E-state index contributed by atoms with van der Waals surface area (Å²) < 4.78 is 18.6. The number of urea groups is 1. The molecule has 1 aliphatic rings. The third kappa shape index (κ3) is 2.96. The average Bonchev–Trinajstić information content (AvgIpc) is 2.82. The van der Waals surface area contributed by atoms with E-state index < -0.39 is 5.82 Å². The van der Waals surface area contributed by atoms with Crippen molar-refractivity contribution in [3.05, 3.63) is 29.6 Å². The first-order valence-corrected chi connectivity index (χ1v) is 5.83. The minimum Gasteiger partial charge on any atom is -0.379 e. The van der Waals surface area contributed by atoms with Gasteiger partial charge in [-0.15, -0.1) is 0 Å². The van der Waals surface area contributed by atoms with Crippen LogP contribution in [0.1, 0.15) is 12.0 Å². The molecule has 1 unspecified atom stereocenters. The van der Waals surface area contributed by atoms with Crippen molar-refractivity contribution in [1.82, 2.24) is 5.32 Å². The topological polar surface area (TPSA) is 76.4 Å². The van der Waals surface area contributed by atoms with E-state index in [1.807, 2.05) is 0 Å². The number of anilines is 1. The molecule has 1 heterocycles. The van der Waals surface area contributed by atoms with E-state index in [-0.39, 0.29) is 18.6 Å². The van der Waals surface area contributed by atoms with Crippen LogP contribution >= 0.6 is 0 Å². The zero-order chi connectivity index (χ0) is 13.0. The van der Waals surface area contributed by atoms with Crippen molar-refractivity contribution in [2.75, 3.05) is 18.5 Å². The summed E-state index contributed by atoms with van der Waals surface area (Å²) in [6.45, 7) is 1.20. The lowest BCUT2D eigenvalue weighted by Gasteiger charge is -2.14. The van der Waals surface area contributed by atoms with Crippen LogP contribution in [0.5, 0.6) is 0 Å². The van der Waals surface area contributed by atoms with Crippen molar-refractivity contribution < 1.29 is 13.9 Å².